The molecule has 104 valence electrons. The maximum atomic E-state index is 6.20. The van der Waals surface area contributed by atoms with E-state index in [9.17, 15) is 0 Å². The second kappa shape index (κ2) is 5.65. The van der Waals surface area contributed by atoms with E-state index in [0.29, 0.717) is 6.04 Å². The topological polar surface area (TPSA) is 47.3 Å². The zero-order valence-electron chi connectivity index (χ0n) is 11.7. The first kappa shape index (κ1) is 13.2. The monoisotopic (exact) mass is 268 g/mol. The fourth-order valence-corrected chi connectivity index (χ4v) is 2.95. The molecule has 0 saturated carbocycles. The number of hydrogen-bond acceptors (Lipinski definition) is 3. The lowest BCUT2D eigenvalue weighted by Crippen LogP contribution is -2.20. The zero-order valence-corrected chi connectivity index (χ0v) is 11.7. The molecule has 2 aromatic carbocycles. The zero-order chi connectivity index (χ0) is 13.9. The number of nitrogens with two attached hydrogens (primary N) is 1. The van der Waals surface area contributed by atoms with Crippen LogP contribution >= 0.6 is 0 Å². The molecule has 3 rings (SSSR count). The molecule has 0 spiro atoms. The highest BCUT2D eigenvalue weighted by Gasteiger charge is 2.27. The molecule has 0 amide bonds. The van der Waals surface area contributed by atoms with Crippen LogP contribution in [0.25, 0.3) is 0 Å². The number of methoxy groups -OCH3 is 1. The van der Waals surface area contributed by atoms with E-state index in [1.807, 2.05) is 18.2 Å². The van der Waals surface area contributed by atoms with Crippen molar-refractivity contribution in [2.45, 2.75) is 25.0 Å². The van der Waals surface area contributed by atoms with E-state index in [1.54, 1.807) is 7.11 Å². The van der Waals surface area contributed by atoms with Crippen molar-refractivity contribution in [3.63, 3.8) is 0 Å². The van der Waals surface area contributed by atoms with Crippen molar-refractivity contribution >= 4 is 0 Å². The molecular formula is C17H20N2O. The summed E-state index contributed by atoms with van der Waals surface area (Å²) in [6.45, 7) is 0.787. The molecule has 2 aromatic rings. The Morgan fingerprint density at radius 3 is 2.60 bits per heavy atom. The summed E-state index contributed by atoms with van der Waals surface area (Å²) in [5, 5.41) is 3.60. The Morgan fingerprint density at radius 2 is 1.80 bits per heavy atom. The summed E-state index contributed by atoms with van der Waals surface area (Å²) in [7, 11) is 1.71. The van der Waals surface area contributed by atoms with Gasteiger partial charge >= 0.3 is 0 Å². The van der Waals surface area contributed by atoms with Crippen LogP contribution in [0.5, 0.6) is 5.75 Å². The molecule has 0 fully saturated rings. The van der Waals surface area contributed by atoms with Crippen LogP contribution in [0.15, 0.2) is 48.5 Å². The maximum Gasteiger partial charge on any atom is 0.123 e. The highest BCUT2D eigenvalue weighted by molar-refractivity contribution is 5.38. The molecule has 0 saturated heterocycles. The van der Waals surface area contributed by atoms with Crippen molar-refractivity contribution < 1.29 is 4.74 Å². The van der Waals surface area contributed by atoms with Gasteiger partial charge in [-0.05, 0) is 23.6 Å². The predicted octanol–water partition coefficient (Wildman–Crippen LogP) is 2.93. The van der Waals surface area contributed by atoms with Crippen LogP contribution in [-0.2, 0) is 6.54 Å². The normalized spacial score (nSPS) is 20.7. The van der Waals surface area contributed by atoms with Crippen molar-refractivity contribution in [1.82, 2.24) is 5.32 Å². The SMILES string of the molecule is COc1ccccc1CNC1CC(N)c2ccccc21. The second-order valence-corrected chi connectivity index (χ2v) is 5.22. The Kier molecular flexibility index (Phi) is 3.72. The molecule has 2 unspecified atom stereocenters. The number of ether oxygens (including phenoxy) is 1. The van der Waals surface area contributed by atoms with Crippen molar-refractivity contribution in [2.24, 2.45) is 5.73 Å². The minimum Gasteiger partial charge on any atom is -0.496 e. The van der Waals surface area contributed by atoms with Crippen molar-refractivity contribution in [3.05, 3.63) is 65.2 Å². The van der Waals surface area contributed by atoms with Gasteiger partial charge in [0.05, 0.1) is 7.11 Å². The van der Waals surface area contributed by atoms with Gasteiger partial charge in [0.25, 0.3) is 0 Å². The van der Waals surface area contributed by atoms with Crippen LogP contribution in [0.1, 0.15) is 35.2 Å². The van der Waals surface area contributed by atoms with Gasteiger partial charge in [-0.15, -0.1) is 0 Å². The number of benzene rings is 2. The lowest BCUT2D eigenvalue weighted by Gasteiger charge is -2.15. The minimum atomic E-state index is 0.140. The summed E-state index contributed by atoms with van der Waals surface area (Å²) >= 11 is 0. The average molecular weight is 268 g/mol. The number of para-hydroxylation sites is 1. The standard InChI is InChI=1S/C17H20N2O/c1-20-17-9-5-2-6-12(17)11-19-16-10-15(18)13-7-3-4-8-14(13)16/h2-9,15-16,19H,10-11,18H2,1H3. The lowest BCUT2D eigenvalue weighted by molar-refractivity contribution is 0.404. The van der Waals surface area contributed by atoms with E-state index < -0.39 is 0 Å². The number of hydrogen-bond donors (Lipinski definition) is 2. The molecule has 3 N–H and O–H groups in total. The van der Waals surface area contributed by atoms with Crippen LogP contribution in [0.3, 0.4) is 0 Å². The van der Waals surface area contributed by atoms with E-state index in [4.69, 9.17) is 10.5 Å². The van der Waals surface area contributed by atoms with Crippen LogP contribution < -0.4 is 15.8 Å². The third-order valence-corrected chi connectivity index (χ3v) is 3.99. The van der Waals surface area contributed by atoms with Gasteiger partial charge in [-0.1, -0.05) is 42.5 Å². The van der Waals surface area contributed by atoms with Gasteiger partial charge in [0, 0.05) is 24.2 Å². The average Bonchev–Trinajstić information content (AvgIpc) is 2.82. The fraction of sp³-hybridized carbons (Fsp3) is 0.294. The summed E-state index contributed by atoms with van der Waals surface area (Å²) < 4.78 is 5.39. The highest BCUT2D eigenvalue weighted by atomic mass is 16.5. The van der Waals surface area contributed by atoms with Gasteiger partial charge in [-0.2, -0.15) is 0 Å². The summed E-state index contributed by atoms with van der Waals surface area (Å²) in [5.74, 6) is 0.926. The minimum absolute atomic E-state index is 0.140. The molecule has 0 radical (unpaired) electrons. The molecule has 0 aromatic heterocycles. The second-order valence-electron chi connectivity index (χ2n) is 5.22. The Hall–Kier alpha value is -1.84. The van der Waals surface area contributed by atoms with Gasteiger partial charge < -0.3 is 15.8 Å². The van der Waals surface area contributed by atoms with E-state index in [2.05, 4.69) is 35.6 Å². The summed E-state index contributed by atoms with van der Waals surface area (Å²) in [6.07, 6.45) is 0.953. The fourth-order valence-electron chi connectivity index (χ4n) is 2.95. The Morgan fingerprint density at radius 1 is 1.10 bits per heavy atom. The number of fused-ring (bicyclic) bond motifs is 1. The molecule has 0 heterocycles. The van der Waals surface area contributed by atoms with Crippen molar-refractivity contribution in [3.8, 4) is 5.75 Å². The molecule has 20 heavy (non-hydrogen) atoms. The molecule has 0 bridgehead atoms. The van der Waals surface area contributed by atoms with Crippen LogP contribution in [0.4, 0.5) is 0 Å². The first-order chi connectivity index (χ1) is 9.79. The first-order valence-corrected chi connectivity index (χ1v) is 6.99. The smallest absolute Gasteiger partial charge is 0.123 e. The van der Waals surface area contributed by atoms with E-state index in [0.717, 1.165) is 18.7 Å². The van der Waals surface area contributed by atoms with Crippen molar-refractivity contribution in [1.29, 1.82) is 0 Å². The van der Waals surface area contributed by atoms with Gasteiger partial charge in [-0.3, -0.25) is 0 Å². The van der Waals surface area contributed by atoms with Crippen molar-refractivity contribution in [2.75, 3.05) is 7.11 Å². The Balaban J connectivity index is 1.74. The van der Waals surface area contributed by atoms with Crippen LogP contribution in [0.2, 0.25) is 0 Å². The van der Waals surface area contributed by atoms with Gasteiger partial charge in [-0.25, -0.2) is 0 Å². The lowest BCUT2D eigenvalue weighted by atomic mass is 10.1. The summed E-state index contributed by atoms with van der Waals surface area (Å²) in [5.41, 5.74) is 9.97. The Bertz CT molecular complexity index is 597. The third kappa shape index (κ3) is 2.42. The number of rotatable bonds is 4. The third-order valence-electron chi connectivity index (χ3n) is 3.99. The van der Waals surface area contributed by atoms with E-state index in [-0.39, 0.29) is 6.04 Å². The van der Waals surface area contributed by atoms with Gasteiger partial charge in [0.15, 0.2) is 0 Å². The predicted molar refractivity (Wildman–Crippen MR) is 80.6 cm³/mol. The van der Waals surface area contributed by atoms with Gasteiger partial charge in [0.2, 0.25) is 0 Å². The van der Waals surface area contributed by atoms with Crippen LogP contribution in [0, 0.1) is 0 Å². The molecule has 3 nitrogen and oxygen atoms in total. The first-order valence-electron chi connectivity index (χ1n) is 6.99. The molecule has 1 aliphatic rings. The Labute approximate surface area is 119 Å². The number of nitrogens with one attached hydrogen (secondary N) is 1. The molecule has 2 atom stereocenters. The molecule has 1 aliphatic carbocycles. The quantitative estimate of drug-likeness (QED) is 0.896. The largest absolute Gasteiger partial charge is 0.496 e. The summed E-state index contributed by atoms with van der Waals surface area (Å²) in [6, 6.07) is 17.0. The van der Waals surface area contributed by atoms with Crippen LogP contribution in [-0.4, -0.2) is 7.11 Å². The molecule has 3 heteroatoms. The molecule has 0 aliphatic heterocycles. The highest BCUT2D eigenvalue weighted by Crippen LogP contribution is 2.37. The van der Waals surface area contributed by atoms with E-state index in [1.165, 1.54) is 16.7 Å². The van der Waals surface area contributed by atoms with E-state index >= 15 is 0 Å². The summed E-state index contributed by atoms with van der Waals surface area (Å²) in [4.78, 5) is 0. The maximum absolute atomic E-state index is 6.20. The van der Waals surface area contributed by atoms with Gasteiger partial charge in [0.1, 0.15) is 5.75 Å². The molecular weight excluding hydrogens is 248 g/mol.